The number of nitrogens with one attached hydrogen (secondary N) is 2. The number of benzene rings is 2. The number of rotatable bonds is 4. The highest BCUT2D eigenvalue weighted by atomic mass is 32.2. The number of aromatic amines is 1. The molecule has 0 aliphatic rings. The molecule has 0 aliphatic carbocycles. The summed E-state index contributed by atoms with van der Waals surface area (Å²) in [5.41, 5.74) is 2.97. The number of H-pyrrole nitrogens is 1. The van der Waals surface area contributed by atoms with Gasteiger partial charge in [0, 0.05) is 18.4 Å². The number of hydrogen-bond acceptors (Lipinski definition) is 4. The van der Waals surface area contributed by atoms with E-state index in [0.29, 0.717) is 12.1 Å². The second-order valence-corrected chi connectivity index (χ2v) is 7.25. The lowest BCUT2D eigenvalue weighted by molar-refractivity contribution is 0.0951. The van der Waals surface area contributed by atoms with Crippen LogP contribution in [0.3, 0.4) is 0 Å². The SMILES string of the molecule is CS(=O)(=O)c1ccc(CNC(=O)c2ccc3nc[nH]c3c2)cc1. The number of aromatic nitrogens is 2. The van der Waals surface area contributed by atoms with Crippen molar-refractivity contribution in [1.29, 1.82) is 0 Å². The van der Waals surface area contributed by atoms with Crippen molar-refractivity contribution in [2.24, 2.45) is 0 Å². The summed E-state index contributed by atoms with van der Waals surface area (Å²) in [5, 5.41) is 2.81. The first-order valence-electron chi connectivity index (χ1n) is 6.94. The minimum Gasteiger partial charge on any atom is -0.348 e. The molecule has 0 bridgehead atoms. The maximum Gasteiger partial charge on any atom is 0.251 e. The van der Waals surface area contributed by atoms with Gasteiger partial charge in [0.1, 0.15) is 0 Å². The van der Waals surface area contributed by atoms with Gasteiger partial charge in [0.05, 0.1) is 22.3 Å². The highest BCUT2D eigenvalue weighted by molar-refractivity contribution is 7.90. The Kier molecular flexibility index (Phi) is 3.87. The monoisotopic (exact) mass is 329 g/mol. The molecule has 1 amide bonds. The Labute approximate surface area is 133 Å². The normalized spacial score (nSPS) is 11.5. The second-order valence-electron chi connectivity index (χ2n) is 5.23. The third kappa shape index (κ3) is 3.40. The van der Waals surface area contributed by atoms with E-state index in [2.05, 4.69) is 15.3 Å². The highest BCUT2D eigenvalue weighted by Gasteiger charge is 2.09. The number of nitrogens with zero attached hydrogens (tertiary/aromatic N) is 1. The van der Waals surface area contributed by atoms with Crippen LogP contribution in [0.1, 0.15) is 15.9 Å². The van der Waals surface area contributed by atoms with E-state index >= 15 is 0 Å². The van der Waals surface area contributed by atoms with Gasteiger partial charge in [-0.3, -0.25) is 4.79 Å². The number of amides is 1. The third-order valence-corrected chi connectivity index (χ3v) is 4.62. The Morgan fingerprint density at radius 2 is 1.91 bits per heavy atom. The summed E-state index contributed by atoms with van der Waals surface area (Å²) in [5.74, 6) is -0.200. The smallest absolute Gasteiger partial charge is 0.251 e. The van der Waals surface area contributed by atoms with Crippen molar-refractivity contribution < 1.29 is 13.2 Å². The maximum absolute atomic E-state index is 12.2. The first-order chi connectivity index (χ1) is 10.9. The molecule has 7 heteroatoms. The summed E-state index contributed by atoms with van der Waals surface area (Å²) in [7, 11) is -3.21. The van der Waals surface area contributed by atoms with Crippen molar-refractivity contribution in [2.45, 2.75) is 11.4 Å². The number of sulfone groups is 1. The van der Waals surface area contributed by atoms with Crippen LogP contribution in [-0.4, -0.2) is 30.5 Å². The highest BCUT2D eigenvalue weighted by Crippen LogP contribution is 2.13. The minimum atomic E-state index is -3.21. The molecule has 0 aliphatic heterocycles. The molecule has 23 heavy (non-hydrogen) atoms. The van der Waals surface area contributed by atoms with Gasteiger partial charge in [-0.15, -0.1) is 0 Å². The van der Waals surface area contributed by atoms with Crippen LogP contribution < -0.4 is 5.32 Å². The first kappa shape index (κ1) is 15.2. The molecular formula is C16H15N3O3S. The maximum atomic E-state index is 12.2. The molecule has 0 unspecified atom stereocenters. The van der Waals surface area contributed by atoms with Gasteiger partial charge in [-0.2, -0.15) is 0 Å². The minimum absolute atomic E-state index is 0.200. The first-order valence-corrected chi connectivity index (χ1v) is 8.83. The third-order valence-electron chi connectivity index (χ3n) is 3.49. The molecular weight excluding hydrogens is 314 g/mol. The lowest BCUT2D eigenvalue weighted by Crippen LogP contribution is -2.22. The van der Waals surface area contributed by atoms with Gasteiger partial charge in [-0.1, -0.05) is 12.1 Å². The van der Waals surface area contributed by atoms with Crippen LogP contribution in [0.2, 0.25) is 0 Å². The number of carbonyl (C=O) groups excluding carboxylic acids is 1. The number of hydrogen-bond donors (Lipinski definition) is 2. The molecule has 1 heterocycles. The van der Waals surface area contributed by atoms with Crippen molar-refractivity contribution in [2.75, 3.05) is 6.26 Å². The standard InChI is InChI=1S/C16H15N3O3S/c1-23(21,22)13-5-2-11(3-6-13)9-17-16(20)12-4-7-14-15(8-12)19-10-18-14/h2-8,10H,9H2,1H3,(H,17,20)(H,18,19). The quantitative estimate of drug-likeness (QED) is 0.764. The Bertz CT molecular complexity index is 960. The molecule has 118 valence electrons. The van der Waals surface area contributed by atoms with Crippen LogP contribution in [0.25, 0.3) is 11.0 Å². The fourth-order valence-corrected chi connectivity index (χ4v) is 2.85. The number of carbonyl (C=O) groups is 1. The summed E-state index contributed by atoms with van der Waals surface area (Å²) in [4.78, 5) is 19.5. The lowest BCUT2D eigenvalue weighted by Gasteiger charge is -2.06. The predicted octanol–water partition coefficient (Wildman–Crippen LogP) is 1.90. The molecule has 6 nitrogen and oxygen atoms in total. The van der Waals surface area contributed by atoms with Gasteiger partial charge in [0.15, 0.2) is 9.84 Å². The van der Waals surface area contributed by atoms with E-state index in [1.807, 2.05) is 0 Å². The fraction of sp³-hybridized carbons (Fsp3) is 0.125. The Balaban J connectivity index is 1.68. The van der Waals surface area contributed by atoms with E-state index in [0.717, 1.165) is 22.9 Å². The van der Waals surface area contributed by atoms with Crippen LogP contribution in [-0.2, 0) is 16.4 Å². The van der Waals surface area contributed by atoms with Gasteiger partial charge in [0.2, 0.25) is 0 Å². The van der Waals surface area contributed by atoms with Gasteiger partial charge < -0.3 is 10.3 Å². The average Bonchev–Trinajstić information content (AvgIpc) is 2.99. The van der Waals surface area contributed by atoms with Crippen LogP contribution in [0.5, 0.6) is 0 Å². The van der Waals surface area contributed by atoms with Gasteiger partial charge in [-0.25, -0.2) is 13.4 Å². The molecule has 3 rings (SSSR count). The molecule has 3 aromatic rings. The van der Waals surface area contributed by atoms with E-state index in [4.69, 9.17) is 0 Å². The molecule has 0 saturated heterocycles. The van der Waals surface area contributed by atoms with Crippen molar-refractivity contribution in [1.82, 2.24) is 15.3 Å². The van der Waals surface area contributed by atoms with Crippen LogP contribution in [0, 0.1) is 0 Å². The molecule has 0 spiro atoms. The lowest BCUT2D eigenvalue weighted by atomic mass is 10.1. The fourth-order valence-electron chi connectivity index (χ4n) is 2.22. The predicted molar refractivity (Wildman–Crippen MR) is 86.8 cm³/mol. The zero-order chi connectivity index (χ0) is 16.4. The second kappa shape index (κ2) is 5.85. The summed E-state index contributed by atoms with van der Waals surface area (Å²) in [6.07, 6.45) is 2.74. The Morgan fingerprint density at radius 1 is 1.17 bits per heavy atom. The van der Waals surface area contributed by atoms with Crippen molar-refractivity contribution >= 4 is 26.8 Å². The van der Waals surface area contributed by atoms with Crippen molar-refractivity contribution in [3.63, 3.8) is 0 Å². The van der Waals surface area contributed by atoms with Crippen LogP contribution in [0.4, 0.5) is 0 Å². The molecule has 0 radical (unpaired) electrons. The zero-order valence-electron chi connectivity index (χ0n) is 12.4. The summed E-state index contributed by atoms with van der Waals surface area (Å²) >= 11 is 0. The zero-order valence-corrected chi connectivity index (χ0v) is 13.2. The Morgan fingerprint density at radius 3 is 2.61 bits per heavy atom. The van der Waals surface area contributed by atoms with Crippen LogP contribution in [0.15, 0.2) is 53.7 Å². The largest absolute Gasteiger partial charge is 0.348 e. The molecule has 2 N–H and O–H groups in total. The summed E-state index contributed by atoms with van der Waals surface area (Å²) < 4.78 is 22.8. The topological polar surface area (TPSA) is 91.9 Å². The van der Waals surface area contributed by atoms with E-state index in [9.17, 15) is 13.2 Å². The van der Waals surface area contributed by atoms with E-state index < -0.39 is 9.84 Å². The molecule has 2 aromatic carbocycles. The van der Waals surface area contributed by atoms with Gasteiger partial charge in [-0.05, 0) is 35.9 Å². The summed E-state index contributed by atoms with van der Waals surface area (Å²) in [6.45, 7) is 0.323. The molecule has 0 saturated carbocycles. The molecule has 1 aromatic heterocycles. The number of fused-ring (bicyclic) bond motifs is 1. The Hall–Kier alpha value is -2.67. The van der Waals surface area contributed by atoms with Crippen LogP contribution >= 0.6 is 0 Å². The molecule has 0 atom stereocenters. The van der Waals surface area contributed by atoms with E-state index in [1.165, 1.54) is 12.1 Å². The average molecular weight is 329 g/mol. The molecule has 0 fully saturated rings. The van der Waals surface area contributed by atoms with E-state index in [1.54, 1.807) is 36.7 Å². The van der Waals surface area contributed by atoms with E-state index in [-0.39, 0.29) is 10.8 Å². The van der Waals surface area contributed by atoms with Crippen molar-refractivity contribution in [3.05, 3.63) is 59.9 Å². The summed E-state index contributed by atoms with van der Waals surface area (Å²) in [6, 6.07) is 11.7. The van der Waals surface area contributed by atoms with Crippen molar-refractivity contribution in [3.8, 4) is 0 Å². The van der Waals surface area contributed by atoms with Gasteiger partial charge in [0.25, 0.3) is 5.91 Å². The number of imidazole rings is 1. The van der Waals surface area contributed by atoms with Gasteiger partial charge >= 0.3 is 0 Å².